The number of aromatic nitrogens is 2. The summed E-state index contributed by atoms with van der Waals surface area (Å²) in [4.78, 5) is 14.5. The normalized spacial score (nSPS) is 10.8. The van der Waals surface area contributed by atoms with Crippen LogP contribution >= 0.6 is 15.9 Å². The molecule has 1 N–H and O–H groups in total. The number of imidazole rings is 1. The summed E-state index contributed by atoms with van der Waals surface area (Å²) in [5, 5.41) is 8.58. The van der Waals surface area contributed by atoms with Gasteiger partial charge >= 0.3 is 5.97 Å². The molecule has 0 unspecified atom stereocenters. The second-order valence-corrected chi connectivity index (χ2v) is 3.89. The van der Waals surface area contributed by atoms with E-state index in [4.69, 9.17) is 5.11 Å². The van der Waals surface area contributed by atoms with Gasteiger partial charge in [0.1, 0.15) is 5.82 Å². The lowest BCUT2D eigenvalue weighted by Crippen LogP contribution is -1.99. The molecular formula is C9H6BrFN2O2. The second kappa shape index (κ2) is 3.62. The molecule has 0 radical (unpaired) electrons. The molecule has 0 atom stereocenters. The summed E-state index contributed by atoms with van der Waals surface area (Å²) in [7, 11) is 0. The molecule has 15 heavy (non-hydrogen) atoms. The summed E-state index contributed by atoms with van der Waals surface area (Å²) in [5.74, 6) is -1.37. The summed E-state index contributed by atoms with van der Waals surface area (Å²) in [6.45, 7) is 0. The van der Waals surface area contributed by atoms with Gasteiger partial charge in [-0.15, -0.1) is 0 Å². The van der Waals surface area contributed by atoms with Gasteiger partial charge in [-0.1, -0.05) is 0 Å². The number of halogens is 2. The Bertz CT molecular complexity index is 538. The van der Waals surface area contributed by atoms with Crippen molar-refractivity contribution in [3.63, 3.8) is 0 Å². The highest BCUT2D eigenvalue weighted by Crippen LogP contribution is 2.19. The first-order chi connectivity index (χ1) is 7.06. The van der Waals surface area contributed by atoms with Gasteiger partial charge < -0.3 is 9.51 Å². The van der Waals surface area contributed by atoms with Crippen molar-refractivity contribution in [2.75, 3.05) is 0 Å². The average Bonchev–Trinajstić information content (AvgIpc) is 2.45. The zero-order valence-electron chi connectivity index (χ0n) is 7.44. The van der Waals surface area contributed by atoms with Gasteiger partial charge in [-0.05, 0) is 22.0 Å². The van der Waals surface area contributed by atoms with E-state index in [1.165, 1.54) is 22.9 Å². The molecule has 0 bridgehead atoms. The molecule has 0 aliphatic heterocycles. The van der Waals surface area contributed by atoms with Crippen LogP contribution in [0.3, 0.4) is 0 Å². The van der Waals surface area contributed by atoms with Crippen molar-refractivity contribution in [1.82, 2.24) is 9.38 Å². The van der Waals surface area contributed by atoms with Crippen LogP contribution in [-0.4, -0.2) is 20.5 Å². The minimum absolute atomic E-state index is 0.171. The van der Waals surface area contributed by atoms with Crippen molar-refractivity contribution in [2.45, 2.75) is 6.42 Å². The highest BCUT2D eigenvalue weighted by molar-refractivity contribution is 9.10. The summed E-state index contributed by atoms with van der Waals surface area (Å²) in [5.41, 5.74) is 0.904. The number of aliphatic carboxylic acids is 1. The first-order valence-corrected chi connectivity index (χ1v) is 4.90. The summed E-state index contributed by atoms with van der Waals surface area (Å²) >= 11 is 3.16. The van der Waals surface area contributed by atoms with Crippen molar-refractivity contribution >= 4 is 27.5 Å². The van der Waals surface area contributed by atoms with Crippen LogP contribution in [0.1, 0.15) is 5.69 Å². The number of pyridine rings is 1. The number of nitrogens with zero attached hydrogens (tertiary/aromatic N) is 2. The lowest BCUT2D eigenvalue weighted by Gasteiger charge is -1.95. The number of hydrogen-bond acceptors (Lipinski definition) is 2. The highest BCUT2D eigenvalue weighted by Gasteiger charge is 2.09. The van der Waals surface area contributed by atoms with E-state index >= 15 is 0 Å². The van der Waals surface area contributed by atoms with Crippen LogP contribution in [0.5, 0.6) is 0 Å². The largest absolute Gasteiger partial charge is 0.481 e. The highest BCUT2D eigenvalue weighted by atomic mass is 79.9. The molecule has 6 heteroatoms. The number of rotatable bonds is 2. The fourth-order valence-electron chi connectivity index (χ4n) is 1.32. The van der Waals surface area contributed by atoms with E-state index < -0.39 is 11.8 Å². The maximum atomic E-state index is 13.0. The van der Waals surface area contributed by atoms with E-state index in [2.05, 4.69) is 20.9 Å². The fourth-order valence-corrected chi connectivity index (χ4v) is 1.83. The lowest BCUT2D eigenvalue weighted by molar-refractivity contribution is -0.136. The molecule has 0 saturated heterocycles. The van der Waals surface area contributed by atoms with Crippen molar-refractivity contribution in [3.05, 3.63) is 34.4 Å². The van der Waals surface area contributed by atoms with E-state index in [1.54, 1.807) is 0 Å². The third-order valence-corrected chi connectivity index (χ3v) is 2.44. The van der Waals surface area contributed by atoms with Crippen molar-refractivity contribution in [1.29, 1.82) is 0 Å². The standard InChI is InChI=1S/C9H6BrFN2O2/c10-7-1-5(11)3-13-4-6(2-8(14)15)12-9(7)13/h1,3-4H,2H2,(H,14,15). The predicted octanol–water partition coefficient (Wildman–Crippen LogP) is 1.86. The first kappa shape index (κ1) is 10.1. The van der Waals surface area contributed by atoms with Crippen LogP contribution in [0.25, 0.3) is 5.65 Å². The zero-order chi connectivity index (χ0) is 11.0. The van der Waals surface area contributed by atoms with Gasteiger partial charge in [-0.3, -0.25) is 4.79 Å². The smallest absolute Gasteiger partial charge is 0.309 e. The number of carbonyl (C=O) groups is 1. The van der Waals surface area contributed by atoms with Crippen LogP contribution in [0.2, 0.25) is 0 Å². The van der Waals surface area contributed by atoms with Gasteiger partial charge in [-0.25, -0.2) is 9.37 Å². The van der Waals surface area contributed by atoms with Gasteiger partial charge in [0.2, 0.25) is 0 Å². The Morgan fingerprint density at radius 2 is 2.33 bits per heavy atom. The van der Waals surface area contributed by atoms with Gasteiger partial charge in [-0.2, -0.15) is 0 Å². The number of carboxylic acids is 1. The van der Waals surface area contributed by atoms with Crippen LogP contribution < -0.4 is 0 Å². The fraction of sp³-hybridized carbons (Fsp3) is 0.111. The Morgan fingerprint density at radius 1 is 1.60 bits per heavy atom. The summed E-state index contributed by atoms with van der Waals surface area (Å²) < 4.78 is 14.9. The topological polar surface area (TPSA) is 54.6 Å². The van der Waals surface area contributed by atoms with E-state index in [0.717, 1.165) is 0 Å². The van der Waals surface area contributed by atoms with E-state index in [0.29, 0.717) is 15.8 Å². The molecule has 0 aliphatic rings. The Hall–Kier alpha value is -1.43. The maximum Gasteiger partial charge on any atom is 0.309 e. The van der Waals surface area contributed by atoms with Gasteiger partial charge in [0.25, 0.3) is 0 Å². The summed E-state index contributed by atoms with van der Waals surface area (Å²) in [6, 6.07) is 1.28. The molecule has 0 fully saturated rings. The minimum Gasteiger partial charge on any atom is -0.481 e. The van der Waals surface area contributed by atoms with Crippen molar-refractivity contribution in [3.8, 4) is 0 Å². The molecule has 0 aliphatic carbocycles. The first-order valence-electron chi connectivity index (χ1n) is 4.10. The zero-order valence-corrected chi connectivity index (χ0v) is 9.03. The van der Waals surface area contributed by atoms with Crippen molar-refractivity contribution in [2.24, 2.45) is 0 Å². The molecule has 0 aromatic carbocycles. The third-order valence-electron chi connectivity index (χ3n) is 1.86. The van der Waals surface area contributed by atoms with Crippen LogP contribution in [0.4, 0.5) is 4.39 Å². The monoisotopic (exact) mass is 272 g/mol. The molecule has 2 aromatic heterocycles. The van der Waals surface area contributed by atoms with Crippen LogP contribution in [0, 0.1) is 5.82 Å². The molecule has 2 heterocycles. The second-order valence-electron chi connectivity index (χ2n) is 3.04. The van der Waals surface area contributed by atoms with E-state index in [9.17, 15) is 9.18 Å². The minimum atomic E-state index is -0.963. The van der Waals surface area contributed by atoms with E-state index in [1.807, 2.05) is 0 Å². The molecule has 0 saturated carbocycles. The van der Waals surface area contributed by atoms with E-state index in [-0.39, 0.29) is 6.42 Å². The van der Waals surface area contributed by atoms with Gasteiger partial charge in [0.15, 0.2) is 5.65 Å². The Morgan fingerprint density at radius 3 is 3.00 bits per heavy atom. The number of carboxylic acid groups (broad SMARTS) is 1. The molecular weight excluding hydrogens is 267 g/mol. The van der Waals surface area contributed by atoms with Crippen LogP contribution in [-0.2, 0) is 11.2 Å². The van der Waals surface area contributed by atoms with Gasteiger partial charge in [0.05, 0.1) is 16.6 Å². The number of hydrogen-bond donors (Lipinski definition) is 1. The Balaban J connectivity index is 2.55. The Labute approximate surface area is 92.5 Å². The summed E-state index contributed by atoms with van der Waals surface area (Å²) in [6.07, 6.45) is 2.57. The molecule has 0 amide bonds. The van der Waals surface area contributed by atoms with Crippen LogP contribution in [0.15, 0.2) is 22.9 Å². The predicted molar refractivity (Wildman–Crippen MR) is 54.2 cm³/mol. The number of fused-ring (bicyclic) bond motifs is 1. The Kier molecular flexibility index (Phi) is 2.44. The lowest BCUT2D eigenvalue weighted by atomic mass is 10.3. The third kappa shape index (κ3) is 1.99. The maximum absolute atomic E-state index is 13.0. The molecule has 2 rings (SSSR count). The molecule has 4 nitrogen and oxygen atoms in total. The molecule has 2 aromatic rings. The quantitative estimate of drug-likeness (QED) is 0.908. The molecule has 78 valence electrons. The van der Waals surface area contributed by atoms with Crippen molar-refractivity contribution < 1.29 is 14.3 Å². The SMILES string of the molecule is O=C(O)Cc1cn2cc(F)cc(Br)c2n1. The van der Waals surface area contributed by atoms with Gasteiger partial charge in [0, 0.05) is 12.4 Å². The molecule has 0 spiro atoms. The average molecular weight is 273 g/mol.